The van der Waals surface area contributed by atoms with Crippen LogP contribution in [-0.2, 0) is 16.0 Å². The monoisotopic (exact) mass is 569 g/mol. The molecule has 0 radical (unpaired) electrons. The van der Waals surface area contributed by atoms with Gasteiger partial charge in [-0.2, -0.15) is 0 Å². The van der Waals surface area contributed by atoms with Crippen LogP contribution in [0.15, 0.2) is 27.7 Å². The average Bonchev–Trinajstić information content (AvgIpc) is 2.71. The second-order valence-corrected chi connectivity index (χ2v) is 8.01. The number of hydrogen-bond donors (Lipinski definition) is 1. The highest BCUT2D eigenvalue weighted by atomic mass is 127. The van der Waals surface area contributed by atoms with Gasteiger partial charge in [0.2, 0.25) is 0 Å². The lowest BCUT2D eigenvalue weighted by molar-refractivity contribution is -0.0721. The van der Waals surface area contributed by atoms with Crippen molar-refractivity contribution < 1.29 is 13.9 Å². The van der Waals surface area contributed by atoms with Crippen LogP contribution >= 0.6 is 39.9 Å². The molecule has 0 spiro atoms. The summed E-state index contributed by atoms with van der Waals surface area (Å²) in [6.07, 6.45) is 6.08. The van der Waals surface area contributed by atoms with Crippen LogP contribution in [0.4, 0.5) is 4.39 Å². The van der Waals surface area contributed by atoms with Crippen LogP contribution in [0.1, 0.15) is 37.7 Å². The van der Waals surface area contributed by atoms with E-state index < -0.39 is 0 Å². The first kappa shape index (κ1) is 23.8. The molecule has 5 nitrogen and oxygen atoms in total. The molecule has 3 rings (SSSR count). The molecule has 1 atom stereocenters. The summed E-state index contributed by atoms with van der Waals surface area (Å²) in [5, 5.41) is 3.33. The Balaban J connectivity index is 0.00000280. The van der Waals surface area contributed by atoms with Crippen molar-refractivity contribution in [2.24, 2.45) is 4.99 Å². The normalized spacial score (nSPS) is 21.3. The SMILES string of the molecule is CN=C(NCc1ccc(Br)c(F)c1)N1CCC(OCC2CCCCO2)CC1.I. The lowest BCUT2D eigenvalue weighted by Crippen LogP contribution is -2.47. The van der Waals surface area contributed by atoms with Gasteiger partial charge in [0.05, 0.1) is 23.3 Å². The quantitative estimate of drug-likeness (QED) is 0.326. The first-order chi connectivity index (χ1) is 13.2. The van der Waals surface area contributed by atoms with Crippen LogP contribution < -0.4 is 5.32 Å². The fraction of sp³-hybridized carbons (Fsp3) is 0.650. The van der Waals surface area contributed by atoms with Gasteiger partial charge in [-0.15, -0.1) is 24.0 Å². The number of nitrogens with zero attached hydrogens (tertiary/aromatic N) is 2. The molecule has 2 heterocycles. The van der Waals surface area contributed by atoms with Gasteiger partial charge in [0, 0.05) is 33.3 Å². The number of nitrogens with one attached hydrogen (secondary N) is 1. The van der Waals surface area contributed by atoms with Crippen LogP contribution in [0.2, 0.25) is 0 Å². The highest BCUT2D eigenvalue weighted by Gasteiger charge is 2.23. The van der Waals surface area contributed by atoms with Gasteiger partial charge in [0.1, 0.15) is 5.82 Å². The number of piperidine rings is 1. The van der Waals surface area contributed by atoms with Crippen molar-refractivity contribution >= 4 is 45.9 Å². The molecule has 2 aliphatic heterocycles. The van der Waals surface area contributed by atoms with E-state index in [9.17, 15) is 4.39 Å². The molecule has 8 heteroatoms. The molecule has 158 valence electrons. The van der Waals surface area contributed by atoms with Crippen molar-refractivity contribution in [3.8, 4) is 0 Å². The summed E-state index contributed by atoms with van der Waals surface area (Å²) < 4.78 is 26.0. The first-order valence-electron chi connectivity index (χ1n) is 9.78. The average molecular weight is 570 g/mol. The standard InChI is InChI=1S/C20H29BrFN3O2.HI/c1-23-20(24-13-15-5-6-18(21)19(22)12-15)25-9-7-16(8-10-25)27-14-17-4-2-3-11-26-17;/h5-6,12,16-17H,2-4,7-11,13-14H2,1H3,(H,23,24);1H. The predicted molar refractivity (Wildman–Crippen MR) is 124 cm³/mol. The highest BCUT2D eigenvalue weighted by Crippen LogP contribution is 2.19. The van der Waals surface area contributed by atoms with E-state index in [0.29, 0.717) is 23.7 Å². The van der Waals surface area contributed by atoms with Crippen LogP contribution in [0, 0.1) is 5.82 Å². The molecule has 0 bridgehead atoms. The predicted octanol–water partition coefficient (Wildman–Crippen LogP) is 4.33. The first-order valence-corrected chi connectivity index (χ1v) is 10.6. The zero-order chi connectivity index (χ0) is 19.1. The minimum Gasteiger partial charge on any atom is -0.376 e. The largest absolute Gasteiger partial charge is 0.376 e. The minimum atomic E-state index is -0.246. The van der Waals surface area contributed by atoms with Gasteiger partial charge in [-0.1, -0.05) is 6.07 Å². The summed E-state index contributed by atoms with van der Waals surface area (Å²) in [7, 11) is 1.79. The lowest BCUT2D eigenvalue weighted by atomic mass is 10.1. The number of halogens is 3. The molecule has 2 saturated heterocycles. The molecule has 28 heavy (non-hydrogen) atoms. The third-order valence-electron chi connectivity index (χ3n) is 5.18. The molecule has 2 aliphatic rings. The Morgan fingerprint density at radius 2 is 2.11 bits per heavy atom. The number of ether oxygens (including phenoxy) is 2. The van der Waals surface area contributed by atoms with Gasteiger partial charge in [-0.25, -0.2) is 4.39 Å². The number of likely N-dealkylation sites (tertiary alicyclic amines) is 1. The molecular formula is C20H30BrFIN3O2. The van der Waals surface area contributed by atoms with Gasteiger partial charge in [-0.05, 0) is 65.7 Å². The van der Waals surface area contributed by atoms with Gasteiger partial charge in [0.15, 0.2) is 5.96 Å². The molecule has 1 unspecified atom stereocenters. The molecule has 0 amide bonds. The molecule has 0 aromatic heterocycles. The summed E-state index contributed by atoms with van der Waals surface area (Å²) in [4.78, 5) is 6.62. The molecule has 0 saturated carbocycles. The molecule has 1 N–H and O–H groups in total. The van der Waals surface area contributed by atoms with Crippen LogP contribution in [-0.4, -0.2) is 56.4 Å². The van der Waals surface area contributed by atoms with Gasteiger partial charge >= 0.3 is 0 Å². The van der Waals surface area contributed by atoms with Crippen molar-refractivity contribution in [2.45, 2.75) is 50.9 Å². The zero-order valence-electron chi connectivity index (χ0n) is 16.3. The van der Waals surface area contributed by atoms with Crippen molar-refractivity contribution in [1.29, 1.82) is 0 Å². The second-order valence-electron chi connectivity index (χ2n) is 7.16. The Morgan fingerprint density at radius 3 is 2.75 bits per heavy atom. The fourth-order valence-corrected chi connectivity index (χ4v) is 3.83. The summed E-state index contributed by atoms with van der Waals surface area (Å²) in [5.74, 6) is 0.608. The van der Waals surface area contributed by atoms with E-state index in [1.54, 1.807) is 13.1 Å². The zero-order valence-corrected chi connectivity index (χ0v) is 20.2. The summed E-state index contributed by atoms with van der Waals surface area (Å²) >= 11 is 3.18. The van der Waals surface area contributed by atoms with Crippen molar-refractivity contribution in [2.75, 3.05) is 33.4 Å². The summed E-state index contributed by atoms with van der Waals surface area (Å²) in [6.45, 7) is 3.95. The Kier molecular flexibility index (Phi) is 10.5. The third kappa shape index (κ3) is 7.11. The smallest absolute Gasteiger partial charge is 0.193 e. The number of benzene rings is 1. The molecule has 0 aliphatic carbocycles. The van der Waals surface area contributed by atoms with Gasteiger partial charge < -0.3 is 19.7 Å². The third-order valence-corrected chi connectivity index (χ3v) is 5.82. The number of rotatable bonds is 5. The van der Waals surface area contributed by atoms with Crippen molar-refractivity contribution in [3.63, 3.8) is 0 Å². The topological polar surface area (TPSA) is 46.1 Å². The summed E-state index contributed by atoms with van der Waals surface area (Å²) in [6, 6.07) is 5.17. The molecule has 1 aromatic carbocycles. The van der Waals surface area contributed by atoms with Crippen LogP contribution in [0.25, 0.3) is 0 Å². The Morgan fingerprint density at radius 1 is 1.32 bits per heavy atom. The fourth-order valence-electron chi connectivity index (χ4n) is 3.58. The molecule has 2 fully saturated rings. The number of guanidine groups is 1. The van der Waals surface area contributed by atoms with Gasteiger partial charge in [0.25, 0.3) is 0 Å². The van der Waals surface area contributed by atoms with E-state index in [1.165, 1.54) is 18.9 Å². The molecular weight excluding hydrogens is 540 g/mol. The Labute approximate surface area is 192 Å². The van der Waals surface area contributed by atoms with Crippen molar-refractivity contribution in [1.82, 2.24) is 10.2 Å². The van der Waals surface area contributed by atoms with Crippen molar-refractivity contribution in [3.05, 3.63) is 34.1 Å². The van der Waals surface area contributed by atoms with E-state index in [2.05, 4.69) is 31.1 Å². The van der Waals surface area contributed by atoms with Crippen LogP contribution in [0.3, 0.4) is 0 Å². The van der Waals surface area contributed by atoms with E-state index in [1.807, 2.05) is 6.07 Å². The van der Waals surface area contributed by atoms with Gasteiger partial charge in [-0.3, -0.25) is 4.99 Å². The maximum atomic E-state index is 13.7. The highest BCUT2D eigenvalue weighted by molar-refractivity contribution is 14.0. The maximum absolute atomic E-state index is 13.7. The second kappa shape index (κ2) is 12.3. The van der Waals surface area contributed by atoms with E-state index in [-0.39, 0.29) is 35.9 Å². The molecule has 1 aromatic rings. The van der Waals surface area contributed by atoms with E-state index in [0.717, 1.165) is 50.5 Å². The number of hydrogen-bond acceptors (Lipinski definition) is 3. The van der Waals surface area contributed by atoms with E-state index in [4.69, 9.17) is 9.47 Å². The van der Waals surface area contributed by atoms with Crippen LogP contribution in [0.5, 0.6) is 0 Å². The summed E-state index contributed by atoms with van der Waals surface area (Å²) in [5.41, 5.74) is 0.891. The van der Waals surface area contributed by atoms with E-state index >= 15 is 0 Å². The Hall–Kier alpha value is -0.450. The minimum absolute atomic E-state index is 0. The number of aliphatic imine (C=N–C) groups is 1. The lowest BCUT2D eigenvalue weighted by Gasteiger charge is -2.35. The maximum Gasteiger partial charge on any atom is 0.193 e. The Bertz CT molecular complexity index is 636.